The van der Waals surface area contributed by atoms with Crippen LogP contribution in [-0.4, -0.2) is 42.8 Å². The zero-order valence-electron chi connectivity index (χ0n) is 9.82. The van der Waals surface area contributed by atoms with Crippen LogP contribution in [0.1, 0.15) is 39.0 Å². The molecule has 1 saturated carbocycles. The fraction of sp³-hybridized carbons (Fsp3) is 1.00. The van der Waals surface area contributed by atoms with Crippen molar-refractivity contribution < 1.29 is 4.74 Å². The van der Waals surface area contributed by atoms with Gasteiger partial charge >= 0.3 is 0 Å². The van der Waals surface area contributed by atoms with E-state index in [2.05, 4.69) is 11.8 Å². The lowest BCUT2D eigenvalue weighted by molar-refractivity contribution is -0.0284. The molecule has 3 heteroatoms. The number of ether oxygens (including phenoxy) is 1. The predicted octanol–water partition coefficient (Wildman–Crippen LogP) is 1.37. The molecule has 15 heavy (non-hydrogen) atoms. The first kappa shape index (κ1) is 11.4. The molecular weight excluding hydrogens is 188 g/mol. The van der Waals surface area contributed by atoms with E-state index in [1.54, 1.807) is 0 Å². The quantitative estimate of drug-likeness (QED) is 0.667. The topological polar surface area (TPSA) is 38.5 Å². The summed E-state index contributed by atoms with van der Waals surface area (Å²) in [6.45, 7) is 5.09. The van der Waals surface area contributed by atoms with Crippen LogP contribution in [0.5, 0.6) is 0 Å². The monoisotopic (exact) mass is 212 g/mol. The van der Waals surface area contributed by atoms with Crippen molar-refractivity contribution in [2.24, 2.45) is 5.73 Å². The summed E-state index contributed by atoms with van der Waals surface area (Å²) in [6, 6.07) is 1.53. The lowest BCUT2D eigenvalue weighted by atomic mass is 10.00. The Labute approximate surface area is 93.0 Å². The van der Waals surface area contributed by atoms with Gasteiger partial charge in [0.05, 0.1) is 13.2 Å². The van der Waals surface area contributed by atoms with Crippen LogP contribution in [0.4, 0.5) is 0 Å². The van der Waals surface area contributed by atoms with Crippen LogP contribution < -0.4 is 5.73 Å². The Bertz CT molecular complexity index is 198. The Balaban J connectivity index is 1.98. The van der Waals surface area contributed by atoms with Crippen molar-refractivity contribution in [3.63, 3.8) is 0 Å². The molecule has 0 aromatic carbocycles. The Hall–Kier alpha value is -0.120. The van der Waals surface area contributed by atoms with Gasteiger partial charge in [0.15, 0.2) is 0 Å². The summed E-state index contributed by atoms with van der Waals surface area (Å²) < 4.78 is 5.49. The van der Waals surface area contributed by atoms with Crippen molar-refractivity contribution >= 4 is 0 Å². The highest BCUT2D eigenvalue weighted by molar-refractivity contribution is 4.88. The second-order valence-electron chi connectivity index (χ2n) is 5.03. The molecule has 1 saturated heterocycles. The SMILES string of the molecule is CC1COCCN1C1CCCCCC1N. The Morgan fingerprint density at radius 2 is 2.00 bits per heavy atom. The predicted molar refractivity (Wildman–Crippen MR) is 61.8 cm³/mol. The molecule has 0 aromatic heterocycles. The molecule has 2 N–H and O–H groups in total. The molecule has 0 radical (unpaired) electrons. The van der Waals surface area contributed by atoms with E-state index in [4.69, 9.17) is 10.5 Å². The number of nitrogens with two attached hydrogens (primary N) is 1. The summed E-state index contributed by atoms with van der Waals surface area (Å²) in [5.74, 6) is 0. The fourth-order valence-corrected chi connectivity index (χ4v) is 2.96. The second kappa shape index (κ2) is 5.28. The first-order chi connectivity index (χ1) is 7.29. The molecule has 0 spiro atoms. The molecule has 88 valence electrons. The van der Waals surface area contributed by atoms with Crippen LogP contribution in [0, 0.1) is 0 Å². The van der Waals surface area contributed by atoms with E-state index in [9.17, 15) is 0 Å². The third-order valence-electron chi connectivity index (χ3n) is 3.88. The summed E-state index contributed by atoms with van der Waals surface area (Å²) in [5.41, 5.74) is 6.29. The van der Waals surface area contributed by atoms with Crippen molar-refractivity contribution in [2.45, 2.75) is 57.2 Å². The van der Waals surface area contributed by atoms with Crippen LogP contribution in [0.2, 0.25) is 0 Å². The largest absolute Gasteiger partial charge is 0.379 e. The number of hydrogen-bond donors (Lipinski definition) is 1. The zero-order chi connectivity index (χ0) is 10.7. The highest BCUT2D eigenvalue weighted by Crippen LogP contribution is 2.24. The van der Waals surface area contributed by atoms with E-state index in [1.165, 1.54) is 32.1 Å². The van der Waals surface area contributed by atoms with Crippen LogP contribution in [0.15, 0.2) is 0 Å². The van der Waals surface area contributed by atoms with E-state index >= 15 is 0 Å². The van der Waals surface area contributed by atoms with Gasteiger partial charge in [-0.15, -0.1) is 0 Å². The molecule has 0 amide bonds. The lowest BCUT2D eigenvalue weighted by Gasteiger charge is -2.41. The summed E-state index contributed by atoms with van der Waals surface area (Å²) in [6.07, 6.45) is 6.52. The standard InChI is InChI=1S/C12H24N2O/c1-10-9-15-8-7-14(10)12-6-4-2-3-5-11(12)13/h10-12H,2-9,13H2,1H3. The Kier molecular flexibility index (Phi) is 4.00. The van der Waals surface area contributed by atoms with E-state index in [0.717, 1.165) is 19.8 Å². The van der Waals surface area contributed by atoms with Gasteiger partial charge in [0.1, 0.15) is 0 Å². The lowest BCUT2D eigenvalue weighted by Crippen LogP contribution is -2.55. The summed E-state index contributed by atoms with van der Waals surface area (Å²) >= 11 is 0. The minimum Gasteiger partial charge on any atom is -0.379 e. The van der Waals surface area contributed by atoms with Crippen LogP contribution in [0.25, 0.3) is 0 Å². The van der Waals surface area contributed by atoms with E-state index < -0.39 is 0 Å². The molecule has 0 aromatic rings. The van der Waals surface area contributed by atoms with Crippen molar-refractivity contribution in [3.8, 4) is 0 Å². The van der Waals surface area contributed by atoms with Gasteiger partial charge in [-0.2, -0.15) is 0 Å². The zero-order valence-corrected chi connectivity index (χ0v) is 9.82. The number of morpholine rings is 1. The van der Waals surface area contributed by atoms with Crippen molar-refractivity contribution in [1.82, 2.24) is 4.90 Å². The molecule has 3 atom stereocenters. The van der Waals surface area contributed by atoms with E-state index in [0.29, 0.717) is 18.1 Å². The number of hydrogen-bond acceptors (Lipinski definition) is 3. The Morgan fingerprint density at radius 3 is 2.80 bits per heavy atom. The number of rotatable bonds is 1. The fourth-order valence-electron chi connectivity index (χ4n) is 2.96. The minimum absolute atomic E-state index is 0.382. The maximum atomic E-state index is 6.29. The molecule has 3 nitrogen and oxygen atoms in total. The molecule has 1 aliphatic carbocycles. The van der Waals surface area contributed by atoms with Crippen LogP contribution in [0.3, 0.4) is 0 Å². The molecule has 2 rings (SSSR count). The third-order valence-corrected chi connectivity index (χ3v) is 3.88. The molecule has 0 bridgehead atoms. The van der Waals surface area contributed by atoms with Gasteiger partial charge in [-0.05, 0) is 19.8 Å². The first-order valence-corrected chi connectivity index (χ1v) is 6.38. The van der Waals surface area contributed by atoms with Crippen molar-refractivity contribution in [1.29, 1.82) is 0 Å². The maximum Gasteiger partial charge on any atom is 0.0619 e. The molecule has 2 aliphatic rings. The maximum absolute atomic E-state index is 6.29. The van der Waals surface area contributed by atoms with E-state index in [1.807, 2.05) is 0 Å². The highest BCUT2D eigenvalue weighted by atomic mass is 16.5. The third kappa shape index (κ3) is 2.71. The average Bonchev–Trinajstić information content (AvgIpc) is 2.44. The highest BCUT2D eigenvalue weighted by Gasteiger charge is 2.31. The summed E-state index contributed by atoms with van der Waals surface area (Å²) in [7, 11) is 0. The normalized spacial score (nSPS) is 40.0. The van der Waals surface area contributed by atoms with Gasteiger partial charge in [0.2, 0.25) is 0 Å². The molecule has 1 aliphatic heterocycles. The summed E-state index contributed by atoms with van der Waals surface area (Å²) in [5, 5.41) is 0. The van der Waals surface area contributed by atoms with Gasteiger partial charge in [-0.1, -0.05) is 19.3 Å². The van der Waals surface area contributed by atoms with Gasteiger partial charge in [-0.3, -0.25) is 4.90 Å². The van der Waals surface area contributed by atoms with Crippen molar-refractivity contribution in [3.05, 3.63) is 0 Å². The van der Waals surface area contributed by atoms with Gasteiger partial charge in [-0.25, -0.2) is 0 Å². The second-order valence-corrected chi connectivity index (χ2v) is 5.03. The van der Waals surface area contributed by atoms with E-state index in [-0.39, 0.29) is 0 Å². The van der Waals surface area contributed by atoms with Crippen LogP contribution in [-0.2, 0) is 4.74 Å². The Morgan fingerprint density at radius 1 is 1.20 bits per heavy atom. The molecular formula is C12H24N2O. The minimum atomic E-state index is 0.382. The summed E-state index contributed by atoms with van der Waals surface area (Å²) in [4.78, 5) is 2.58. The van der Waals surface area contributed by atoms with Gasteiger partial charge in [0.25, 0.3) is 0 Å². The van der Waals surface area contributed by atoms with Gasteiger partial charge < -0.3 is 10.5 Å². The van der Waals surface area contributed by atoms with Crippen molar-refractivity contribution in [2.75, 3.05) is 19.8 Å². The smallest absolute Gasteiger partial charge is 0.0619 e. The van der Waals surface area contributed by atoms with Crippen LogP contribution >= 0.6 is 0 Å². The molecule has 1 heterocycles. The number of nitrogens with zero attached hydrogens (tertiary/aromatic N) is 1. The molecule has 2 fully saturated rings. The van der Waals surface area contributed by atoms with Gasteiger partial charge in [0, 0.05) is 24.7 Å². The first-order valence-electron chi connectivity index (χ1n) is 6.38. The molecule has 3 unspecified atom stereocenters. The average molecular weight is 212 g/mol.